The minimum atomic E-state index is -0.392. The van der Waals surface area contributed by atoms with Crippen LogP contribution in [-0.2, 0) is 20.6 Å². The zero-order valence-corrected chi connectivity index (χ0v) is 21.3. The van der Waals surface area contributed by atoms with E-state index in [1.54, 1.807) is 33.4 Å². The number of benzene rings is 1. The lowest BCUT2D eigenvalue weighted by Crippen LogP contribution is -2.21. The number of pyridine rings is 1. The van der Waals surface area contributed by atoms with Crippen LogP contribution in [0, 0.1) is 13.8 Å². The van der Waals surface area contributed by atoms with Gasteiger partial charge in [-0.3, -0.25) is 23.6 Å². The van der Waals surface area contributed by atoms with Crippen molar-refractivity contribution < 1.29 is 9.59 Å². The van der Waals surface area contributed by atoms with Crippen LogP contribution in [0.2, 0.25) is 0 Å². The fourth-order valence-corrected chi connectivity index (χ4v) is 4.30. The van der Waals surface area contributed by atoms with E-state index >= 15 is 0 Å². The van der Waals surface area contributed by atoms with Gasteiger partial charge in [-0.2, -0.15) is 15.3 Å². The molecule has 2 N–H and O–H groups in total. The maximum absolute atomic E-state index is 13.6. The van der Waals surface area contributed by atoms with Crippen LogP contribution in [0.1, 0.15) is 39.2 Å². The molecule has 0 saturated heterocycles. The minimum absolute atomic E-state index is 0.251. The molecule has 0 unspecified atom stereocenters. The minimum Gasteiger partial charge on any atom is -0.319 e. The first kappa shape index (κ1) is 23.9. The Morgan fingerprint density at radius 3 is 2.38 bits per heavy atom. The molecule has 0 bridgehead atoms. The van der Waals surface area contributed by atoms with Crippen molar-refractivity contribution in [1.29, 1.82) is 0 Å². The number of hydrogen-bond donors (Lipinski definition) is 2. The number of fused-ring (bicyclic) bond motifs is 1. The predicted octanol–water partition coefficient (Wildman–Crippen LogP) is 3.71. The number of aryl methyl sites for hydroxylation is 4. The highest BCUT2D eigenvalue weighted by molar-refractivity contribution is 6.16. The first-order chi connectivity index (χ1) is 17.8. The van der Waals surface area contributed by atoms with Gasteiger partial charge in [-0.15, -0.1) is 0 Å². The number of amides is 2. The number of hydrogen-bond acceptors (Lipinski definition) is 6. The van der Waals surface area contributed by atoms with E-state index in [-0.39, 0.29) is 11.6 Å². The van der Waals surface area contributed by atoms with Crippen molar-refractivity contribution in [3.05, 3.63) is 71.6 Å². The van der Waals surface area contributed by atoms with Crippen molar-refractivity contribution in [1.82, 2.24) is 34.3 Å². The Kier molecular flexibility index (Phi) is 6.04. The van der Waals surface area contributed by atoms with Gasteiger partial charge in [0.1, 0.15) is 5.69 Å². The molecular weight excluding hydrogens is 470 g/mol. The van der Waals surface area contributed by atoms with Gasteiger partial charge in [0, 0.05) is 37.8 Å². The Balaban J connectivity index is 1.52. The summed E-state index contributed by atoms with van der Waals surface area (Å²) in [6, 6.07) is 9.21. The van der Waals surface area contributed by atoms with Crippen LogP contribution in [0.3, 0.4) is 0 Å². The zero-order chi connectivity index (χ0) is 26.3. The quantitative estimate of drug-likeness (QED) is 0.369. The topological polar surface area (TPSA) is 125 Å². The van der Waals surface area contributed by atoms with Gasteiger partial charge >= 0.3 is 0 Å². The van der Waals surface area contributed by atoms with Crippen LogP contribution in [0.4, 0.5) is 11.4 Å². The van der Waals surface area contributed by atoms with Gasteiger partial charge in [0.05, 0.1) is 51.9 Å². The number of nitrogens with zero attached hydrogens (tertiary/aromatic N) is 7. The van der Waals surface area contributed by atoms with E-state index in [2.05, 4.69) is 25.9 Å². The van der Waals surface area contributed by atoms with Crippen molar-refractivity contribution in [3.63, 3.8) is 0 Å². The Hall–Kier alpha value is -4.80. The van der Waals surface area contributed by atoms with Gasteiger partial charge in [-0.25, -0.2) is 4.98 Å². The molecule has 0 spiro atoms. The molecule has 2 amide bonds. The molecule has 0 saturated carbocycles. The van der Waals surface area contributed by atoms with Gasteiger partial charge in [0.2, 0.25) is 0 Å². The van der Waals surface area contributed by atoms with E-state index in [0.717, 1.165) is 17.0 Å². The number of nitrogens with one attached hydrogen (secondary N) is 2. The Bertz CT molecular complexity index is 1660. The molecule has 37 heavy (non-hydrogen) atoms. The number of rotatable bonds is 6. The monoisotopic (exact) mass is 497 g/mol. The number of carbonyl (C=O) groups excluding carboxylic acids is 2. The van der Waals surface area contributed by atoms with Crippen molar-refractivity contribution in [2.45, 2.75) is 27.3 Å². The third kappa shape index (κ3) is 4.35. The smallest absolute Gasteiger partial charge is 0.276 e. The molecule has 4 heterocycles. The predicted molar refractivity (Wildman–Crippen MR) is 140 cm³/mol. The normalized spacial score (nSPS) is 11.2. The summed E-state index contributed by atoms with van der Waals surface area (Å²) >= 11 is 0. The summed E-state index contributed by atoms with van der Waals surface area (Å²) in [5.41, 5.74) is 5.37. The largest absolute Gasteiger partial charge is 0.319 e. The number of para-hydroxylation sites is 1. The van der Waals surface area contributed by atoms with Crippen molar-refractivity contribution in [3.8, 4) is 11.3 Å². The standard InChI is InChI=1S/C26H27N9O2/c1-6-35-24(26(37)30-22-12-27-34(5)16(22)3)23(13-28-35)31-25(36)18-11-21(19-14-33(4)32-15(19)2)29-20-10-8-7-9-17(18)20/h7-14H,6H2,1-5H3,(H,30,37)(H,31,36). The first-order valence-corrected chi connectivity index (χ1v) is 11.8. The third-order valence-corrected chi connectivity index (χ3v) is 6.34. The highest BCUT2D eigenvalue weighted by Crippen LogP contribution is 2.28. The molecule has 0 radical (unpaired) electrons. The Morgan fingerprint density at radius 2 is 1.70 bits per heavy atom. The lowest BCUT2D eigenvalue weighted by atomic mass is 10.0. The second kappa shape index (κ2) is 9.34. The maximum Gasteiger partial charge on any atom is 0.276 e. The van der Waals surface area contributed by atoms with Crippen LogP contribution in [0.25, 0.3) is 22.2 Å². The van der Waals surface area contributed by atoms with Crippen LogP contribution < -0.4 is 10.6 Å². The summed E-state index contributed by atoms with van der Waals surface area (Å²) in [7, 11) is 3.64. The maximum atomic E-state index is 13.6. The van der Waals surface area contributed by atoms with Gasteiger partial charge in [0.15, 0.2) is 0 Å². The van der Waals surface area contributed by atoms with Gasteiger partial charge in [-0.05, 0) is 32.9 Å². The summed E-state index contributed by atoms with van der Waals surface area (Å²) in [5.74, 6) is -0.763. The SMILES string of the molecule is CCn1ncc(NC(=O)c2cc(-c3cn(C)nc3C)nc3ccccc23)c1C(=O)Nc1cnn(C)c1C. The number of carbonyl (C=O) groups is 2. The van der Waals surface area contributed by atoms with E-state index in [9.17, 15) is 9.59 Å². The molecule has 0 aliphatic rings. The zero-order valence-electron chi connectivity index (χ0n) is 21.3. The number of aromatic nitrogens is 7. The summed E-state index contributed by atoms with van der Waals surface area (Å²) in [5, 5.41) is 19.4. The van der Waals surface area contributed by atoms with E-state index in [0.29, 0.717) is 40.1 Å². The van der Waals surface area contributed by atoms with Crippen LogP contribution in [-0.4, -0.2) is 46.1 Å². The summed E-state index contributed by atoms with van der Waals surface area (Å²) in [4.78, 5) is 31.7. The molecule has 11 heteroatoms. The lowest BCUT2D eigenvalue weighted by molar-refractivity contribution is 0.101. The van der Waals surface area contributed by atoms with Crippen LogP contribution >= 0.6 is 0 Å². The molecule has 5 rings (SSSR count). The summed E-state index contributed by atoms with van der Waals surface area (Å²) < 4.78 is 4.94. The second-order valence-electron chi connectivity index (χ2n) is 8.77. The van der Waals surface area contributed by atoms with Crippen molar-refractivity contribution >= 4 is 34.1 Å². The highest BCUT2D eigenvalue weighted by atomic mass is 16.2. The fourth-order valence-electron chi connectivity index (χ4n) is 4.30. The van der Waals surface area contributed by atoms with Gasteiger partial charge in [0.25, 0.3) is 11.8 Å². The van der Waals surface area contributed by atoms with Gasteiger partial charge < -0.3 is 10.6 Å². The Labute approximate surface area is 213 Å². The fraction of sp³-hybridized carbons (Fsp3) is 0.231. The molecule has 11 nitrogen and oxygen atoms in total. The average molecular weight is 498 g/mol. The molecule has 188 valence electrons. The highest BCUT2D eigenvalue weighted by Gasteiger charge is 2.23. The first-order valence-electron chi connectivity index (χ1n) is 11.8. The Morgan fingerprint density at radius 1 is 0.973 bits per heavy atom. The third-order valence-electron chi connectivity index (χ3n) is 6.34. The summed E-state index contributed by atoms with van der Waals surface area (Å²) in [6.45, 7) is 6.09. The molecule has 1 aromatic carbocycles. The van der Waals surface area contributed by atoms with Gasteiger partial charge in [-0.1, -0.05) is 18.2 Å². The average Bonchev–Trinajstić information content (AvgIpc) is 3.55. The van der Waals surface area contributed by atoms with E-state index in [1.807, 2.05) is 58.3 Å². The van der Waals surface area contributed by atoms with Crippen LogP contribution in [0.15, 0.2) is 48.9 Å². The molecular formula is C26H27N9O2. The second-order valence-corrected chi connectivity index (χ2v) is 8.77. The molecule has 0 atom stereocenters. The van der Waals surface area contributed by atoms with E-state index in [1.165, 1.54) is 6.20 Å². The lowest BCUT2D eigenvalue weighted by Gasteiger charge is -2.12. The van der Waals surface area contributed by atoms with Crippen molar-refractivity contribution in [2.24, 2.45) is 14.1 Å². The molecule has 4 aromatic heterocycles. The molecule has 0 fully saturated rings. The van der Waals surface area contributed by atoms with Crippen molar-refractivity contribution in [2.75, 3.05) is 10.6 Å². The van der Waals surface area contributed by atoms with E-state index in [4.69, 9.17) is 4.98 Å². The number of anilines is 2. The van der Waals surface area contributed by atoms with E-state index < -0.39 is 5.91 Å². The summed E-state index contributed by atoms with van der Waals surface area (Å²) in [6.07, 6.45) is 4.95. The van der Waals surface area contributed by atoms with Crippen LogP contribution in [0.5, 0.6) is 0 Å². The molecule has 0 aliphatic heterocycles. The molecule has 5 aromatic rings. The molecule has 0 aliphatic carbocycles.